The molecule has 0 bridgehead atoms. The molecule has 0 atom stereocenters. The maximum atomic E-state index is 8.52. The summed E-state index contributed by atoms with van der Waals surface area (Å²) in [4.78, 5) is 4.17. The second-order valence-corrected chi connectivity index (χ2v) is 4.86. The second-order valence-electron chi connectivity index (χ2n) is 4.04. The Kier molecular flexibility index (Phi) is 29.9. The molecule has 0 amide bonds. The van der Waals surface area contributed by atoms with Gasteiger partial charge in [0.1, 0.15) is 0 Å². The Morgan fingerprint density at radius 2 is 0.957 bits per heavy atom. The van der Waals surface area contributed by atoms with Gasteiger partial charge in [-0.05, 0) is 19.6 Å². The maximum Gasteiger partial charge on any atom is 2.00 e. The van der Waals surface area contributed by atoms with E-state index in [1.54, 1.807) is 4.90 Å². The van der Waals surface area contributed by atoms with Crippen molar-refractivity contribution in [3.63, 3.8) is 0 Å². The van der Waals surface area contributed by atoms with Crippen LogP contribution < -0.4 is 0 Å². The first-order valence-electron chi connectivity index (χ1n) is 7.13. The molecular formula is C12H30CoN2O7S. The Balaban J connectivity index is -0.000000123. The van der Waals surface area contributed by atoms with Crippen molar-refractivity contribution < 1.29 is 49.6 Å². The van der Waals surface area contributed by atoms with E-state index in [1.165, 1.54) is 19.6 Å². The van der Waals surface area contributed by atoms with E-state index in [0.29, 0.717) is 19.6 Å². The van der Waals surface area contributed by atoms with E-state index < -0.39 is 10.4 Å². The van der Waals surface area contributed by atoms with Crippen LogP contribution in [0.15, 0.2) is 0 Å². The Hall–Kier alpha value is 0.176. The van der Waals surface area contributed by atoms with Gasteiger partial charge in [0.25, 0.3) is 0 Å². The molecule has 0 unspecified atom stereocenters. The number of hydrogen-bond acceptors (Lipinski definition) is 9. The molecule has 0 aliphatic carbocycles. The van der Waals surface area contributed by atoms with Gasteiger partial charge in [-0.15, -0.1) is 0 Å². The van der Waals surface area contributed by atoms with Crippen molar-refractivity contribution in [1.82, 2.24) is 9.80 Å². The van der Waals surface area contributed by atoms with Gasteiger partial charge in [0.2, 0.25) is 0 Å². The average molecular weight is 405 g/mol. The van der Waals surface area contributed by atoms with Gasteiger partial charge in [-0.1, -0.05) is 20.8 Å². The first-order chi connectivity index (χ1) is 10.2. The van der Waals surface area contributed by atoms with Gasteiger partial charge in [-0.25, -0.2) is 0 Å². The van der Waals surface area contributed by atoms with Gasteiger partial charge in [0.15, 0.2) is 0 Å². The average Bonchev–Trinajstić information content (AvgIpc) is 2.40. The second kappa shape index (κ2) is 22.2. The summed E-state index contributed by atoms with van der Waals surface area (Å²) in [7, 11) is -5.17. The molecule has 11 heteroatoms. The SMILES string of the molecule is CCN(CC)CC.O=S(=O)([O-])[O-].OCCN(CCO)CCO.[Co+2]. The number of rotatable bonds is 9. The summed E-state index contributed by atoms with van der Waals surface area (Å²) in [5.41, 5.74) is 0. The van der Waals surface area contributed by atoms with E-state index in [4.69, 9.17) is 32.8 Å². The third-order valence-electron chi connectivity index (χ3n) is 2.59. The summed E-state index contributed by atoms with van der Waals surface area (Å²) in [6.07, 6.45) is 0. The Morgan fingerprint density at radius 3 is 1.04 bits per heavy atom. The molecule has 0 saturated heterocycles. The molecule has 0 saturated carbocycles. The van der Waals surface area contributed by atoms with Crippen molar-refractivity contribution in [3.05, 3.63) is 0 Å². The van der Waals surface area contributed by atoms with Gasteiger partial charge >= 0.3 is 16.8 Å². The summed E-state index contributed by atoms with van der Waals surface area (Å²) in [6.45, 7) is 11.9. The van der Waals surface area contributed by atoms with E-state index in [0.717, 1.165) is 0 Å². The van der Waals surface area contributed by atoms with E-state index in [9.17, 15) is 0 Å². The third-order valence-corrected chi connectivity index (χ3v) is 2.59. The molecule has 0 aromatic carbocycles. The molecule has 0 spiro atoms. The Bertz CT molecular complexity index is 276. The van der Waals surface area contributed by atoms with Crippen LogP contribution in [0.25, 0.3) is 0 Å². The van der Waals surface area contributed by atoms with E-state index in [2.05, 4.69) is 25.7 Å². The Morgan fingerprint density at radius 1 is 0.739 bits per heavy atom. The smallest absolute Gasteiger partial charge is 0.759 e. The minimum absolute atomic E-state index is 0. The molecule has 0 aliphatic rings. The molecule has 0 aliphatic heterocycles. The normalized spacial score (nSPS) is 10.3. The van der Waals surface area contributed by atoms with Crippen LogP contribution in [0.5, 0.6) is 0 Å². The van der Waals surface area contributed by atoms with Crippen molar-refractivity contribution in [2.75, 3.05) is 59.1 Å². The van der Waals surface area contributed by atoms with E-state index >= 15 is 0 Å². The molecule has 145 valence electrons. The van der Waals surface area contributed by atoms with Crippen molar-refractivity contribution in [2.45, 2.75) is 20.8 Å². The fourth-order valence-electron chi connectivity index (χ4n) is 1.43. The molecule has 0 fully saturated rings. The predicted octanol–water partition coefficient (Wildman–Crippen LogP) is -1.73. The predicted molar refractivity (Wildman–Crippen MR) is 81.6 cm³/mol. The number of aliphatic hydroxyl groups excluding tert-OH is 3. The topological polar surface area (TPSA) is 147 Å². The molecule has 0 rings (SSSR count). The molecule has 0 heterocycles. The minimum atomic E-state index is -5.17. The fraction of sp³-hybridized carbons (Fsp3) is 1.00. The van der Waals surface area contributed by atoms with Crippen molar-refractivity contribution in [1.29, 1.82) is 0 Å². The van der Waals surface area contributed by atoms with Gasteiger partial charge in [0.05, 0.1) is 19.8 Å². The zero-order valence-electron chi connectivity index (χ0n) is 14.0. The minimum Gasteiger partial charge on any atom is -0.759 e. The monoisotopic (exact) mass is 405 g/mol. The first-order valence-corrected chi connectivity index (χ1v) is 8.47. The molecule has 23 heavy (non-hydrogen) atoms. The van der Waals surface area contributed by atoms with Crippen LogP contribution in [-0.4, -0.2) is 102 Å². The molecule has 1 radical (unpaired) electrons. The number of aliphatic hydroxyl groups is 3. The largest absolute Gasteiger partial charge is 2.00 e. The van der Waals surface area contributed by atoms with Crippen LogP contribution in [0.1, 0.15) is 20.8 Å². The van der Waals surface area contributed by atoms with Crippen molar-refractivity contribution >= 4 is 10.4 Å². The standard InChI is InChI=1S/C6H15NO3.C6H15N.Co.H2O4S/c8-4-1-7(2-5-9)3-6-10;1-4-7(5-2)6-3;;1-5(2,3)4/h8-10H,1-6H2;4-6H2,1-3H3;;(H2,1,2,3,4)/q;;+2;/p-2. The van der Waals surface area contributed by atoms with E-state index in [1.807, 2.05) is 0 Å². The van der Waals surface area contributed by atoms with Crippen LogP contribution >= 0.6 is 0 Å². The molecular weight excluding hydrogens is 375 g/mol. The number of hydrogen-bond donors (Lipinski definition) is 3. The van der Waals surface area contributed by atoms with Crippen LogP contribution in [0.2, 0.25) is 0 Å². The summed E-state index contributed by atoms with van der Waals surface area (Å²) in [5.74, 6) is 0. The van der Waals surface area contributed by atoms with E-state index in [-0.39, 0.29) is 36.6 Å². The van der Waals surface area contributed by atoms with Gasteiger partial charge in [0, 0.05) is 30.0 Å². The van der Waals surface area contributed by atoms with Gasteiger partial charge in [-0.2, -0.15) is 0 Å². The van der Waals surface area contributed by atoms with Crippen LogP contribution in [-0.2, 0) is 27.2 Å². The fourth-order valence-corrected chi connectivity index (χ4v) is 1.43. The van der Waals surface area contributed by atoms with Crippen molar-refractivity contribution in [3.8, 4) is 0 Å². The zero-order chi connectivity index (χ0) is 18.0. The van der Waals surface area contributed by atoms with Crippen LogP contribution in [0.4, 0.5) is 0 Å². The van der Waals surface area contributed by atoms with Crippen LogP contribution in [0, 0.1) is 0 Å². The quantitative estimate of drug-likeness (QED) is 0.301. The molecule has 0 aromatic heterocycles. The van der Waals surface area contributed by atoms with Gasteiger partial charge in [-0.3, -0.25) is 13.3 Å². The van der Waals surface area contributed by atoms with Crippen molar-refractivity contribution in [2.24, 2.45) is 0 Å². The summed E-state index contributed by atoms with van der Waals surface area (Å²) < 4.78 is 34.1. The molecule has 3 N–H and O–H groups in total. The Labute approximate surface area is 150 Å². The zero-order valence-corrected chi connectivity index (χ0v) is 15.8. The molecule has 0 aromatic rings. The molecule has 9 nitrogen and oxygen atoms in total. The third kappa shape index (κ3) is 39.2. The maximum absolute atomic E-state index is 8.52. The number of nitrogens with zero attached hydrogens (tertiary/aromatic N) is 2. The van der Waals surface area contributed by atoms with Gasteiger partial charge < -0.3 is 29.3 Å². The summed E-state index contributed by atoms with van der Waals surface area (Å²) >= 11 is 0. The summed E-state index contributed by atoms with van der Waals surface area (Å²) in [5, 5.41) is 25.5. The summed E-state index contributed by atoms with van der Waals surface area (Å²) in [6, 6.07) is 0. The first kappa shape index (κ1) is 31.0. The van der Waals surface area contributed by atoms with Crippen LogP contribution in [0.3, 0.4) is 0 Å².